The average Bonchev–Trinajstić information content (AvgIpc) is 2.98. The Balaban J connectivity index is 1.67. The molecule has 6 nitrogen and oxygen atoms in total. The minimum atomic E-state index is -0.118. The van der Waals surface area contributed by atoms with E-state index in [4.69, 9.17) is 4.42 Å². The van der Waals surface area contributed by atoms with E-state index in [0.717, 1.165) is 5.84 Å². The Morgan fingerprint density at radius 3 is 3.28 bits per heavy atom. The molecule has 0 radical (unpaired) electrons. The molecule has 0 amide bonds. The van der Waals surface area contributed by atoms with Gasteiger partial charge < -0.3 is 4.42 Å². The Hall–Kier alpha value is -2.50. The van der Waals surface area contributed by atoms with Crippen molar-refractivity contribution in [2.24, 2.45) is 10.2 Å². The lowest BCUT2D eigenvalue weighted by Gasteiger charge is -2.26. The van der Waals surface area contributed by atoms with Gasteiger partial charge in [-0.05, 0) is 24.3 Å². The Morgan fingerprint density at radius 1 is 1.50 bits per heavy atom. The summed E-state index contributed by atoms with van der Waals surface area (Å²) in [5, 5.41) is 10.4. The first-order valence-corrected chi connectivity index (χ1v) is 5.61. The molecule has 1 N–H and O–H groups in total. The molecule has 18 heavy (non-hydrogen) atoms. The molecule has 0 bridgehead atoms. The van der Waals surface area contributed by atoms with Crippen LogP contribution in [0.5, 0.6) is 0 Å². The van der Waals surface area contributed by atoms with E-state index in [1.807, 2.05) is 53.5 Å². The third-order valence-corrected chi connectivity index (χ3v) is 2.67. The smallest absolute Gasteiger partial charge is 0.213 e. The van der Waals surface area contributed by atoms with Crippen LogP contribution in [0.4, 0.5) is 0 Å². The van der Waals surface area contributed by atoms with E-state index in [2.05, 4.69) is 15.6 Å². The summed E-state index contributed by atoms with van der Waals surface area (Å²) in [5.41, 5.74) is 3.03. The maximum absolute atomic E-state index is 5.16. The fourth-order valence-corrected chi connectivity index (χ4v) is 1.81. The maximum Gasteiger partial charge on any atom is 0.213 e. The maximum atomic E-state index is 5.16. The number of hydrogen-bond acceptors (Lipinski definition) is 6. The van der Waals surface area contributed by atoms with Crippen LogP contribution in [-0.2, 0) is 0 Å². The summed E-state index contributed by atoms with van der Waals surface area (Å²) >= 11 is 0. The number of amidine groups is 1. The van der Waals surface area contributed by atoms with Crippen molar-refractivity contribution in [3.05, 3.63) is 48.6 Å². The third-order valence-electron chi connectivity index (χ3n) is 2.67. The number of allylic oxidation sites excluding steroid dienone is 2. The van der Waals surface area contributed by atoms with E-state index in [1.54, 1.807) is 12.5 Å². The van der Waals surface area contributed by atoms with Gasteiger partial charge in [0.2, 0.25) is 6.29 Å². The molecule has 0 spiro atoms. The van der Waals surface area contributed by atoms with Crippen molar-refractivity contribution in [2.45, 2.75) is 6.29 Å². The molecule has 2 aliphatic rings. The molecule has 0 aromatic carbocycles. The van der Waals surface area contributed by atoms with Crippen molar-refractivity contribution in [3.8, 4) is 0 Å². The van der Waals surface area contributed by atoms with E-state index in [-0.39, 0.29) is 6.29 Å². The van der Waals surface area contributed by atoms with E-state index in [9.17, 15) is 0 Å². The number of rotatable bonds is 3. The molecule has 1 aromatic heterocycles. The van der Waals surface area contributed by atoms with Crippen LogP contribution in [0.3, 0.4) is 0 Å². The second-order valence-electron chi connectivity index (χ2n) is 3.92. The second-order valence-corrected chi connectivity index (χ2v) is 3.92. The summed E-state index contributed by atoms with van der Waals surface area (Å²) in [5.74, 6) is 1.60. The Morgan fingerprint density at radius 2 is 2.44 bits per heavy atom. The molecule has 0 saturated carbocycles. The summed E-state index contributed by atoms with van der Waals surface area (Å²) in [7, 11) is 1.90. The van der Waals surface area contributed by atoms with E-state index >= 15 is 0 Å². The Kier molecular flexibility index (Phi) is 2.60. The fourth-order valence-electron chi connectivity index (χ4n) is 1.81. The lowest BCUT2D eigenvalue weighted by molar-refractivity contribution is 0.156. The monoisotopic (exact) mass is 243 g/mol. The van der Waals surface area contributed by atoms with Crippen LogP contribution in [0.1, 0.15) is 5.76 Å². The van der Waals surface area contributed by atoms with Gasteiger partial charge in [0, 0.05) is 13.2 Å². The number of fused-ring (bicyclic) bond motifs is 1. The molecule has 0 aliphatic carbocycles. The van der Waals surface area contributed by atoms with E-state index in [1.165, 1.54) is 0 Å². The molecule has 1 aromatic rings. The summed E-state index contributed by atoms with van der Waals surface area (Å²) in [4.78, 5) is 2.00. The summed E-state index contributed by atoms with van der Waals surface area (Å²) in [6, 6.07) is 3.66. The first-order chi connectivity index (χ1) is 8.84. The molecule has 3 rings (SSSR count). The summed E-state index contributed by atoms with van der Waals surface area (Å²) in [6.45, 7) is 0. The highest BCUT2D eigenvalue weighted by Gasteiger charge is 2.29. The normalized spacial score (nSPS) is 21.6. The van der Waals surface area contributed by atoms with E-state index in [0.29, 0.717) is 5.76 Å². The molecule has 0 saturated heterocycles. The van der Waals surface area contributed by atoms with Crippen molar-refractivity contribution in [3.63, 3.8) is 0 Å². The van der Waals surface area contributed by atoms with Crippen LogP contribution in [-0.4, -0.2) is 35.3 Å². The SMILES string of the molecule is CN1N=C2C=CC=CN2C1N/N=C/c1ccco1. The number of nitrogens with zero attached hydrogens (tertiary/aromatic N) is 4. The predicted octanol–water partition coefficient (Wildman–Crippen LogP) is 1.13. The van der Waals surface area contributed by atoms with Crippen LogP contribution in [0, 0.1) is 0 Å². The molecular weight excluding hydrogens is 230 g/mol. The zero-order valence-electron chi connectivity index (χ0n) is 9.89. The van der Waals surface area contributed by atoms with Crippen molar-refractivity contribution in [1.29, 1.82) is 0 Å². The topological polar surface area (TPSA) is 56.4 Å². The van der Waals surface area contributed by atoms with Crippen molar-refractivity contribution in [2.75, 3.05) is 7.05 Å². The molecule has 6 heteroatoms. The Labute approximate surface area is 105 Å². The van der Waals surface area contributed by atoms with Gasteiger partial charge in [-0.15, -0.1) is 0 Å². The zero-order valence-corrected chi connectivity index (χ0v) is 9.89. The lowest BCUT2D eigenvalue weighted by atomic mass is 10.3. The minimum Gasteiger partial charge on any atom is -0.463 e. The number of nitrogens with one attached hydrogen (secondary N) is 1. The van der Waals surface area contributed by atoms with Crippen molar-refractivity contribution >= 4 is 12.1 Å². The summed E-state index contributed by atoms with van der Waals surface area (Å²) in [6.07, 6.45) is 11.0. The number of hydrazone groups is 2. The van der Waals surface area contributed by atoms with Crippen molar-refractivity contribution < 1.29 is 4.42 Å². The van der Waals surface area contributed by atoms with Gasteiger partial charge in [-0.3, -0.25) is 15.3 Å². The molecule has 1 atom stereocenters. The molecule has 3 heterocycles. The van der Waals surface area contributed by atoms with Crippen LogP contribution >= 0.6 is 0 Å². The first-order valence-electron chi connectivity index (χ1n) is 5.61. The largest absolute Gasteiger partial charge is 0.463 e. The van der Waals surface area contributed by atoms with Gasteiger partial charge in [-0.2, -0.15) is 10.2 Å². The van der Waals surface area contributed by atoms with Gasteiger partial charge in [0.15, 0.2) is 5.84 Å². The average molecular weight is 243 g/mol. The second kappa shape index (κ2) is 4.40. The lowest BCUT2D eigenvalue weighted by Crippen LogP contribution is -2.46. The molecule has 0 fully saturated rings. The van der Waals surface area contributed by atoms with Crippen LogP contribution in [0.15, 0.2) is 57.4 Å². The van der Waals surface area contributed by atoms with Crippen molar-refractivity contribution in [1.82, 2.24) is 15.3 Å². The predicted molar refractivity (Wildman–Crippen MR) is 68.5 cm³/mol. The van der Waals surface area contributed by atoms with Crippen LogP contribution < -0.4 is 5.43 Å². The van der Waals surface area contributed by atoms with Gasteiger partial charge >= 0.3 is 0 Å². The summed E-state index contributed by atoms with van der Waals surface area (Å²) < 4.78 is 5.16. The molecule has 1 unspecified atom stereocenters. The van der Waals surface area contributed by atoms with Gasteiger partial charge in [-0.25, -0.2) is 0 Å². The minimum absolute atomic E-state index is 0.118. The zero-order chi connectivity index (χ0) is 12.4. The van der Waals surface area contributed by atoms with Gasteiger partial charge in [0.05, 0.1) is 12.5 Å². The quantitative estimate of drug-likeness (QED) is 0.638. The standard InChI is InChI=1S/C12H13N5O/c1-16-12(14-13-9-10-5-4-8-18-10)17-7-3-2-6-11(17)15-16/h2-9,12,14H,1H3/b13-9+. The highest BCUT2D eigenvalue weighted by molar-refractivity contribution is 5.95. The third kappa shape index (κ3) is 1.88. The Bertz CT molecular complexity index is 529. The fraction of sp³-hybridized carbons (Fsp3) is 0.167. The molecule has 92 valence electrons. The highest BCUT2D eigenvalue weighted by Crippen LogP contribution is 2.16. The van der Waals surface area contributed by atoms with Gasteiger partial charge in [0.1, 0.15) is 5.76 Å². The number of hydrogen-bond donors (Lipinski definition) is 1. The van der Waals surface area contributed by atoms with Crippen LogP contribution in [0.2, 0.25) is 0 Å². The van der Waals surface area contributed by atoms with Crippen LogP contribution in [0.25, 0.3) is 0 Å². The molecule has 2 aliphatic heterocycles. The van der Waals surface area contributed by atoms with Gasteiger partial charge in [-0.1, -0.05) is 6.08 Å². The number of furan rings is 1. The van der Waals surface area contributed by atoms with Gasteiger partial charge in [0.25, 0.3) is 0 Å². The first kappa shape index (κ1) is 10.6. The highest BCUT2D eigenvalue weighted by atomic mass is 16.3. The van der Waals surface area contributed by atoms with E-state index < -0.39 is 0 Å². The molecular formula is C12H13N5O.